The summed E-state index contributed by atoms with van der Waals surface area (Å²) in [5, 5.41) is 12.5. The third kappa shape index (κ3) is 3.14. The maximum Gasteiger partial charge on any atom is 0.224 e. The highest BCUT2D eigenvalue weighted by Crippen LogP contribution is 2.47. The van der Waals surface area contributed by atoms with Crippen LogP contribution < -0.4 is 5.32 Å². The second-order valence-electron chi connectivity index (χ2n) is 5.51. The van der Waals surface area contributed by atoms with Gasteiger partial charge in [0.05, 0.1) is 12.6 Å². The van der Waals surface area contributed by atoms with E-state index in [4.69, 9.17) is 0 Å². The molecule has 0 saturated heterocycles. The maximum absolute atomic E-state index is 12.3. The number of hydrogen-bond donors (Lipinski definition) is 2. The third-order valence-corrected chi connectivity index (χ3v) is 4.06. The number of amides is 1. The van der Waals surface area contributed by atoms with E-state index in [2.05, 4.69) is 17.4 Å². The Labute approximate surface area is 124 Å². The van der Waals surface area contributed by atoms with E-state index in [1.165, 1.54) is 5.56 Å². The van der Waals surface area contributed by atoms with Crippen molar-refractivity contribution < 1.29 is 9.90 Å². The van der Waals surface area contributed by atoms with E-state index in [0.29, 0.717) is 5.92 Å². The Hall–Kier alpha value is -2.13. The summed E-state index contributed by atoms with van der Waals surface area (Å²) >= 11 is 0. The Balaban J connectivity index is 1.62. The minimum absolute atomic E-state index is 0.0326. The predicted molar refractivity (Wildman–Crippen MR) is 81.7 cm³/mol. The van der Waals surface area contributed by atoms with Crippen molar-refractivity contribution in [3.8, 4) is 0 Å². The average Bonchev–Trinajstić information content (AvgIpc) is 3.35. The zero-order valence-electron chi connectivity index (χ0n) is 11.8. The second-order valence-corrected chi connectivity index (χ2v) is 5.51. The normalized spacial score (nSPS) is 21.6. The van der Waals surface area contributed by atoms with Gasteiger partial charge in [0.25, 0.3) is 0 Å². The van der Waals surface area contributed by atoms with Crippen molar-refractivity contribution in [2.75, 3.05) is 6.61 Å². The van der Waals surface area contributed by atoms with Gasteiger partial charge < -0.3 is 10.4 Å². The van der Waals surface area contributed by atoms with Gasteiger partial charge in [0.2, 0.25) is 5.91 Å². The van der Waals surface area contributed by atoms with Gasteiger partial charge >= 0.3 is 0 Å². The number of aliphatic hydroxyl groups excluding tert-OH is 1. The van der Waals surface area contributed by atoms with Gasteiger partial charge in [0.15, 0.2) is 0 Å². The van der Waals surface area contributed by atoms with E-state index in [9.17, 15) is 9.90 Å². The molecule has 3 nitrogen and oxygen atoms in total. The van der Waals surface area contributed by atoms with Crippen LogP contribution in [-0.2, 0) is 4.79 Å². The molecule has 0 bridgehead atoms. The Kier molecular flexibility index (Phi) is 4.02. The highest BCUT2D eigenvalue weighted by Gasteiger charge is 2.44. The van der Waals surface area contributed by atoms with Crippen LogP contribution in [0.4, 0.5) is 0 Å². The molecule has 1 aliphatic carbocycles. The molecule has 3 rings (SSSR count). The molecule has 1 amide bonds. The van der Waals surface area contributed by atoms with E-state index in [1.54, 1.807) is 0 Å². The summed E-state index contributed by atoms with van der Waals surface area (Å²) in [5.41, 5.74) is 2.16. The first-order chi connectivity index (χ1) is 10.3. The Bertz CT molecular complexity index is 597. The first-order valence-electron chi connectivity index (χ1n) is 7.30. The fraction of sp³-hybridized carbons (Fsp3) is 0.278. The van der Waals surface area contributed by atoms with Crippen molar-refractivity contribution in [2.24, 2.45) is 5.92 Å². The monoisotopic (exact) mass is 281 g/mol. The van der Waals surface area contributed by atoms with Gasteiger partial charge in [0, 0.05) is 5.92 Å². The van der Waals surface area contributed by atoms with Crippen molar-refractivity contribution in [3.05, 3.63) is 71.8 Å². The summed E-state index contributed by atoms with van der Waals surface area (Å²) in [6, 6.07) is 19.4. The van der Waals surface area contributed by atoms with Crippen LogP contribution in [0.25, 0.3) is 0 Å². The van der Waals surface area contributed by atoms with Crippen molar-refractivity contribution in [3.63, 3.8) is 0 Å². The summed E-state index contributed by atoms with van der Waals surface area (Å²) in [7, 11) is 0. The highest BCUT2D eigenvalue weighted by molar-refractivity contribution is 5.83. The Morgan fingerprint density at radius 3 is 2.33 bits per heavy atom. The average molecular weight is 281 g/mol. The lowest BCUT2D eigenvalue weighted by molar-refractivity contribution is -0.123. The molecule has 1 saturated carbocycles. The van der Waals surface area contributed by atoms with Crippen LogP contribution in [0.15, 0.2) is 60.7 Å². The lowest BCUT2D eigenvalue weighted by atomic mass is 10.1. The minimum Gasteiger partial charge on any atom is -0.394 e. The third-order valence-electron chi connectivity index (χ3n) is 4.06. The van der Waals surface area contributed by atoms with Gasteiger partial charge in [0.1, 0.15) is 0 Å². The second kappa shape index (κ2) is 6.10. The molecule has 1 aliphatic rings. The zero-order valence-corrected chi connectivity index (χ0v) is 11.8. The van der Waals surface area contributed by atoms with Crippen LogP contribution in [0, 0.1) is 5.92 Å². The molecule has 3 heteroatoms. The van der Waals surface area contributed by atoms with Crippen molar-refractivity contribution in [1.29, 1.82) is 0 Å². The standard InChI is InChI=1S/C18H19NO2/c20-12-17(14-9-5-2-6-10-14)19-18(21)16-11-15(16)13-7-3-1-4-8-13/h1-10,15-17,20H,11-12H2,(H,19,21)/t15-,16+,17?/m0/s1. The van der Waals surface area contributed by atoms with Gasteiger partial charge in [-0.3, -0.25) is 4.79 Å². The number of nitrogens with one attached hydrogen (secondary N) is 1. The number of rotatable bonds is 5. The van der Waals surface area contributed by atoms with E-state index < -0.39 is 0 Å². The van der Waals surface area contributed by atoms with Crippen molar-refractivity contribution >= 4 is 5.91 Å². The van der Waals surface area contributed by atoms with Gasteiger partial charge in [-0.15, -0.1) is 0 Å². The number of aliphatic hydroxyl groups is 1. The van der Waals surface area contributed by atoms with Crippen molar-refractivity contribution in [1.82, 2.24) is 5.32 Å². The molecule has 1 fully saturated rings. The minimum atomic E-state index is -0.323. The number of hydrogen-bond acceptors (Lipinski definition) is 2. The smallest absolute Gasteiger partial charge is 0.224 e. The molecule has 0 aliphatic heterocycles. The predicted octanol–water partition coefficient (Wildman–Crippen LogP) is 2.64. The fourth-order valence-electron chi connectivity index (χ4n) is 2.75. The van der Waals surface area contributed by atoms with Gasteiger partial charge in [-0.2, -0.15) is 0 Å². The van der Waals surface area contributed by atoms with Crippen molar-refractivity contribution in [2.45, 2.75) is 18.4 Å². The molecule has 1 unspecified atom stereocenters. The SMILES string of the molecule is O=C(NC(CO)c1ccccc1)[C@@H]1C[C@H]1c1ccccc1. The molecule has 0 heterocycles. The van der Waals surface area contributed by atoms with Crippen LogP contribution in [0.5, 0.6) is 0 Å². The summed E-state index contributed by atoms with van der Waals surface area (Å²) in [4.78, 5) is 12.3. The van der Waals surface area contributed by atoms with Crippen LogP contribution in [0.2, 0.25) is 0 Å². The molecule has 0 radical (unpaired) electrons. The molecule has 0 spiro atoms. The highest BCUT2D eigenvalue weighted by atomic mass is 16.3. The quantitative estimate of drug-likeness (QED) is 0.885. The van der Waals surface area contributed by atoms with Gasteiger partial charge in [-0.1, -0.05) is 60.7 Å². The number of carbonyl (C=O) groups excluding carboxylic acids is 1. The first kappa shape index (κ1) is 13.8. The van der Waals surface area contributed by atoms with E-state index in [0.717, 1.165) is 12.0 Å². The Morgan fingerprint density at radius 1 is 1.10 bits per heavy atom. The van der Waals surface area contributed by atoms with E-state index in [-0.39, 0.29) is 24.5 Å². The summed E-state index contributed by atoms with van der Waals surface area (Å²) in [5.74, 6) is 0.387. The van der Waals surface area contributed by atoms with Crippen LogP contribution in [0.1, 0.15) is 29.5 Å². The molecule has 108 valence electrons. The summed E-state index contributed by atoms with van der Waals surface area (Å²) < 4.78 is 0. The largest absolute Gasteiger partial charge is 0.394 e. The molecule has 3 atom stereocenters. The topological polar surface area (TPSA) is 49.3 Å². The molecule has 21 heavy (non-hydrogen) atoms. The molecule has 2 aromatic carbocycles. The van der Waals surface area contributed by atoms with Crippen LogP contribution >= 0.6 is 0 Å². The summed E-state index contributed by atoms with van der Waals surface area (Å²) in [6.45, 7) is -0.0848. The molecular formula is C18H19NO2. The number of benzene rings is 2. The molecule has 2 aromatic rings. The van der Waals surface area contributed by atoms with Gasteiger partial charge in [-0.05, 0) is 23.5 Å². The fourth-order valence-corrected chi connectivity index (χ4v) is 2.75. The van der Waals surface area contributed by atoms with E-state index >= 15 is 0 Å². The first-order valence-corrected chi connectivity index (χ1v) is 7.30. The number of carbonyl (C=O) groups is 1. The molecule has 2 N–H and O–H groups in total. The van der Waals surface area contributed by atoms with Crippen LogP contribution in [0.3, 0.4) is 0 Å². The lowest BCUT2D eigenvalue weighted by Gasteiger charge is -2.16. The maximum atomic E-state index is 12.3. The van der Waals surface area contributed by atoms with Gasteiger partial charge in [-0.25, -0.2) is 0 Å². The molecule has 0 aromatic heterocycles. The molecular weight excluding hydrogens is 262 g/mol. The van der Waals surface area contributed by atoms with Crippen LogP contribution in [-0.4, -0.2) is 17.6 Å². The lowest BCUT2D eigenvalue weighted by Crippen LogP contribution is -2.32. The summed E-state index contributed by atoms with van der Waals surface area (Å²) in [6.07, 6.45) is 0.892. The zero-order chi connectivity index (χ0) is 14.7. The van der Waals surface area contributed by atoms with E-state index in [1.807, 2.05) is 48.5 Å². The Morgan fingerprint density at radius 2 is 1.71 bits per heavy atom.